The molecular formula is C14H13FN2O2S. The van der Waals surface area contributed by atoms with Gasteiger partial charge in [-0.1, -0.05) is 12.1 Å². The number of anilines is 1. The standard InChI is InChI=1S/C14H13FN2O2S/c15-11-7-12(16)9-14(8-11)20-6-5-10-1-3-13(4-2-10)17(18)19/h1-4,7-9H,5-6,16H2. The van der Waals surface area contributed by atoms with Crippen molar-refractivity contribution >= 4 is 23.1 Å². The van der Waals surface area contributed by atoms with Crippen LogP contribution in [0.1, 0.15) is 5.56 Å². The fourth-order valence-electron chi connectivity index (χ4n) is 1.74. The van der Waals surface area contributed by atoms with Crippen LogP contribution in [0.15, 0.2) is 47.4 Å². The first-order valence-electron chi connectivity index (χ1n) is 5.97. The minimum absolute atomic E-state index is 0.0827. The van der Waals surface area contributed by atoms with E-state index in [4.69, 9.17) is 5.73 Å². The predicted molar refractivity (Wildman–Crippen MR) is 78.3 cm³/mol. The molecule has 2 rings (SSSR count). The van der Waals surface area contributed by atoms with Crippen molar-refractivity contribution in [3.63, 3.8) is 0 Å². The molecule has 2 aromatic carbocycles. The van der Waals surface area contributed by atoms with E-state index in [2.05, 4.69) is 0 Å². The summed E-state index contributed by atoms with van der Waals surface area (Å²) in [6.07, 6.45) is 0.749. The summed E-state index contributed by atoms with van der Waals surface area (Å²) in [6, 6.07) is 10.9. The normalized spacial score (nSPS) is 10.4. The molecule has 0 fully saturated rings. The Labute approximate surface area is 119 Å². The number of aryl methyl sites for hydroxylation is 1. The van der Waals surface area contributed by atoms with Gasteiger partial charge in [-0.2, -0.15) is 0 Å². The lowest BCUT2D eigenvalue weighted by Crippen LogP contribution is -1.92. The van der Waals surface area contributed by atoms with Crippen molar-refractivity contribution in [2.24, 2.45) is 0 Å². The Morgan fingerprint density at radius 1 is 1.20 bits per heavy atom. The summed E-state index contributed by atoms with van der Waals surface area (Å²) in [4.78, 5) is 10.9. The highest BCUT2D eigenvalue weighted by Gasteiger charge is 2.04. The van der Waals surface area contributed by atoms with Crippen LogP contribution in [0.5, 0.6) is 0 Å². The number of hydrogen-bond acceptors (Lipinski definition) is 4. The largest absolute Gasteiger partial charge is 0.399 e. The summed E-state index contributed by atoms with van der Waals surface area (Å²) in [5.41, 5.74) is 7.07. The van der Waals surface area contributed by atoms with E-state index in [1.54, 1.807) is 18.2 Å². The van der Waals surface area contributed by atoms with Crippen LogP contribution in [0.4, 0.5) is 15.8 Å². The fourth-order valence-corrected chi connectivity index (χ4v) is 2.73. The van der Waals surface area contributed by atoms with Crippen molar-refractivity contribution in [1.82, 2.24) is 0 Å². The number of nitrogen functional groups attached to an aromatic ring is 1. The molecule has 0 heterocycles. The van der Waals surface area contributed by atoms with Crippen LogP contribution in [0.2, 0.25) is 0 Å². The molecule has 0 aliphatic heterocycles. The molecule has 0 atom stereocenters. The van der Waals surface area contributed by atoms with E-state index < -0.39 is 4.92 Å². The molecule has 0 bridgehead atoms. The number of halogens is 1. The third-order valence-electron chi connectivity index (χ3n) is 2.70. The average Bonchev–Trinajstić information content (AvgIpc) is 2.38. The summed E-state index contributed by atoms with van der Waals surface area (Å²) in [5, 5.41) is 10.5. The van der Waals surface area contributed by atoms with Gasteiger partial charge < -0.3 is 5.73 Å². The average molecular weight is 292 g/mol. The topological polar surface area (TPSA) is 69.2 Å². The molecule has 0 aromatic heterocycles. The number of hydrogen-bond donors (Lipinski definition) is 1. The maximum Gasteiger partial charge on any atom is 0.269 e. The molecule has 0 saturated heterocycles. The third-order valence-corrected chi connectivity index (χ3v) is 3.68. The summed E-state index contributed by atoms with van der Waals surface area (Å²) in [6.45, 7) is 0. The van der Waals surface area contributed by atoms with E-state index in [-0.39, 0.29) is 11.5 Å². The number of nitrogens with two attached hydrogens (primary N) is 1. The summed E-state index contributed by atoms with van der Waals surface area (Å²) >= 11 is 1.50. The molecule has 0 amide bonds. The Balaban J connectivity index is 1.90. The van der Waals surface area contributed by atoms with Gasteiger partial charge in [0.2, 0.25) is 0 Å². The van der Waals surface area contributed by atoms with Gasteiger partial charge >= 0.3 is 0 Å². The zero-order valence-corrected chi connectivity index (χ0v) is 11.4. The van der Waals surface area contributed by atoms with Gasteiger partial charge in [-0.15, -0.1) is 11.8 Å². The second-order valence-electron chi connectivity index (χ2n) is 4.24. The quantitative estimate of drug-likeness (QED) is 0.395. The molecule has 20 heavy (non-hydrogen) atoms. The molecular weight excluding hydrogens is 279 g/mol. The number of nitrogens with zero attached hydrogens (tertiary/aromatic N) is 1. The van der Waals surface area contributed by atoms with Gasteiger partial charge in [0.15, 0.2) is 0 Å². The van der Waals surface area contributed by atoms with Crippen molar-refractivity contribution in [1.29, 1.82) is 0 Å². The summed E-state index contributed by atoms with van der Waals surface area (Å²) < 4.78 is 13.1. The van der Waals surface area contributed by atoms with E-state index in [0.717, 1.165) is 22.6 Å². The van der Waals surface area contributed by atoms with Crippen LogP contribution in [-0.2, 0) is 6.42 Å². The number of rotatable bonds is 5. The molecule has 6 heteroatoms. The van der Waals surface area contributed by atoms with Gasteiger partial charge in [0.1, 0.15) is 5.82 Å². The first kappa shape index (κ1) is 14.3. The third kappa shape index (κ3) is 3.96. The van der Waals surface area contributed by atoms with E-state index in [1.165, 1.54) is 36.0 Å². The van der Waals surface area contributed by atoms with Gasteiger partial charge in [-0.3, -0.25) is 10.1 Å². The smallest absolute Gasteiger partial charge is 0.269 e. The van der Waals surface area contributed by atoms with E-state index in [9.17, 15) is 14.5 Å². The number of benzene rings is 2. The molecule has 2 aromatic rings. The van der Waals surface area contributed by atoms with Crippen LogP contribution < -0.4 is 5.73 Å². The molecule has 0 unspecified atom stereocenters. The molecule has 0 aliphatic carbocycles. The summed E-state index contributed by atoms with van der Waals surface area (Å²) in [7, 11) is 0. The van der Waals surface area contributed by atoms with Crippen LogP contribution >= 0.6 is 11.8 Å². The first-order chi connectivity index (χ1) is 9.54. The van der Waals surface area contributed by atoms with Gasteiger partial charge in [0.05, 0.1) is 4.92 Å². The van der Waals surface area contributed by atoms with Crippen molar-refractivity contribution in [3.8, 4) is 0 Å². The second-order valence-corrected chi connectivity index (χ2v) is 5.41. The second kappa shape index (κ2) is 6.38. The zero-order valence-electron chi connectivity index (χ0n) is 10.6. The Hall–Kier alpha value is -2.08. The highest BCUT2D eigenvalue weighted by atomic mass is 32.2. The number of thioether (sulfide) groups is 1. The van der Waals surface area contributed by atoms with Crippen molar-refractivity contribution in [2.45, 2.75) is 11.3 Å². The predicted octanol–water partition coefficient (Wildman–Crippen LogP) is 3.65. The lowest BCUT2D eigenvalue weighted by atomic mass is 10.1. The molecule has 104 valence electrons. The molecule has 0 saturated carbocycles. The van der Waals surface area contributed by atoms with Crippen molar-refractivity contribution in [3.05, 3.63) is 64.0 Å². The van der Waals surface area contributed by atoms with Crippen molar-refractivity contribution < 1.29 is 9.31 Å². The molecule has 0 spiro atoms. The van der Waals surface area contributed by atoms with Gasteiger partial charge in [-0.25, -0.2) is 4.39 Å². The van der Waals surface area contributed by atoms with Crippen LogP contribution in [0, 0.1) is 15.9 Å². The Morgan fingerprint density at radius 3 is 2.50 bits per heavy atom. The van der Waals surface area contributed by atoms with E-state index in [1.807, 2.05) is 0 Å². The molecule has 2 N–H and O–H groups in total. The highest BCUT2D eigenvalue weighted by molar-refractivity contribution is 7.99. The SMILES string of the molecule is Nc1cc(F)cc(SCCc2ccc([N+](=O)[O-])cc2)c1. The number of non-ortho nitro benzene ring substituents is 1. The first-order valence-corrected chi connectivity index (χ1v) is 6.95. The summed E-state index contributed by atoms with van der Waals surface area (Å²) in [5.74, 6) is 0.406. The Kier molecular flexibility index (Phi) is 4.57. The lowest BCUT2D eigenvalue weighted by molar-refractivity contribution is -0.384. The molecule has 0 aliphatic rings. The van der Waals surface area contributed by atoms with Crippen LogP contribution in [0.25, 0.3) is 0 Å². The molecule has 4 nitrogen and oxygen atoms in total. The maximum absolute atomic E-state index is 13.1. The number of nitro benzene ring substituents is 1. The van der Waals surface area contributed by atoms with Gasteiger partial charge in [0, 0.05) is 28.5 Å². The Bertz CT molecular complexity index is 597. The van der Waals surface area contributed by atoms with Gasteiger partial charge in [0.25, 0.3) is 5.69 Å². The Morgan fingerprint density at radius 2 is 1.90 bits per heavy atom. The van der Waals surface area contributed by atoms with Crippen molar-refractivity contribution in [2.75, 3.05) is 11.5 Å². The van der Waals surface area contributed by atoms with E-state index in [0.29, 0.717) is 5.69 Å². The minimum atomic E-state index is -0.423. The fraction of sp³-hybridized carbons (Fsp3) is 0.143. The van der Waals surface area contributed by atoms with Crippen LogP contribution in [-0.4, -0.2) is 10.7 Å². The lowest BCUT2D eigenvalue weighted by Gasteiger charge is -2.04. The van der Waals surface area contributed by atoms with E-state index >= 15 is 0 Å². The zero-order chi connectivity index (χ0) is 14.5. The minimum Gasteiger partial charge on any atom is -0.399 e. The monoisotopic (exact) mass is 292 g/mol. The van der Waals surface area contributed by atoms with Crippen LogP contribution in [0.3, 0.4) is 0 Å². The maximum atomic E-state index is 13.1. The highest BCUT2D eigenvalue weighted by Crippen LogP contribution is 2.23. The molecule has 0 radical (unpaired) electrons. The number of nitro groups is 1. The van der Waals surface area contributed by atoms with Gasteiger partial charge in [-0.05, 0) is 30.2 Å².